The van der Waals surface area contributed by atoms with Crippen LogP contribution in [-0.4, -0.2) is 38.4 Å². The van der Waals surface area contributed by atoms with Gasteiger partial charge in [0.15, 0.2) is 5.25 Å². The lowest BCUT2D eigenvalue weighted by atomic mass is 10.3. The van der Waals surface area contributed by atoms with Crippen molar-refractivity contribution in [1.29, 1.82) is 0 Å². The molecule has 112 valence electrons. The number of hydrogen-bond acceptors (Lipinski definition) is 5. The van der Waals surface area contributed by atoms with Crippen LogP contribution in [0.5, 0.6) is 5.75 Å². The topological polar surface area (TPSA) is 114 Å². The molecule has 0 bridgehead atoms. The van der Waals surface area contributed by atoms with Gasteiger partial charge in [-0.15, -0.1) is 0 Å². The number of nitrogens with zero attached hydrogens (tertiary/aromatic N) is 1. The predicted molar refractivity (Wildman–Crippen MR) is 76.0 cm³/mol. The van der Waals surface area contributed by atoms with Gasteiger partial charge in [0, 0.05) is 11.9 Å². The molecule has 0 saturated heterocycles. The highest BCUT2D eigenvalue weighted by atomic mass is 32.2. The number of rotatable bonds is 5. The SMILES string of the molecule is CCOc1ccc(NS(=O)(=O)C2C=NC(=O)NC2=O)cc1. The Morgan fingerprint density at radius 3 is 2.52 bits per heavy atom. The van der Waals surface area contributed by atoms with Crippen LogP contribution in [0, 0.1) is 0 Å². The normalized spacial score (nSPS) is 18.2. The number of sulfonamides is 1. The number of anilines is 1. The summed E-state index contributed by atoms with van der Waals surface area (Å²) in [6.45, 7) is 2.33. The number of urea groups is 1. The fourth-order valence-electron chi connectivity index (χ4n) is 1.65. The molecule has 8 nitrogen and oxygen atoms in total. The maximum Gasteiger partial charge on any atom is 0.347 e. The fraction of sp³-hybridized carbons (Fsp3) is 0.250. The zero-order valence-electron chi connectivity index (χ0n) is 11.1. The van der Waals surface area contributed by atoms with Crippen molar-refractivity contribution >= 4 is 33.9 Å². The number of amides is 3. The van der Waals surface area contributed by atoms with Crippen LogP contribution < -0.4 is 14.8 Å². The van der Waals surface area contributed by atoms with Gasteiger partial charge in [-0.3, -0.25) is 14.8 Å². The molecule has 2 N–H and O–H groups in total. The Morgan fingerprint density at radius 2 is 1.95 bits per heavy atom. The Labute approximate surface area is 121 Å². The summed E-state index contributed by atoms with van der Waals surface area (Å²) >= 11 is 0. The molecular weight excluding hydrogens is 298 g/mol. The number of imide groups is 1. The van der Waals surface area contributed by atoms with Gasteiger partial charge < -0.3 is 4.74 Å². The molecule has 21 heavy (non-hydrogen) atoms. The Bertz CT molecular complexity index is 681. The first-order valence-electron chi connectivity index (χ1n) is 6.06. The monoisotopic (exact) mass is 311 g/mol. The molecule has 0 spiro atoms. The van der Waals surface area contributed by atoms with Crippen molar-refractivity contribution in [2.45, 2.75) is 12.2 Å². The van der Waals surface area contributed by atoms with E-state index in [1.165, 1.54) is 12.1 Å². The van der Waals surface area contributed by atoms with Crippen LogP contribution >= 0.6 is 0 Å². The highest BCUT2D eigenvalue weighted by Crippen LogP contribution is 2.18. The van der Waals surface area contributed by atoms with E-state index >= 15 is 0 Å². The van der Waals surface area contributed by atoms with Gasteiger partial charge in [0.25, 0.3) is 5.91 Å². The van der Waals surface area contributed by atoms with Crippen molar-refractivity contribution < 1.29 is 22.7 Å². The number of ether oxygens (including phenoxy) is 1. The van der Waals surface area contributed by atoms with Gasteiger partial charge in [-0.1, -0.05) is 0 Å². The van der Waals surface area contributed by atoms with Crippen LogP contribution in [0.2, 0.25) is 0 Å². The summed E-state index contributed by atoms with van der Waals surface area (Å²) in [5, 5.41) is 0.278. The highest BCUT2D eigenvalue weighted by molar-refractivity contribution is 7.94. The number of aliphatic imine (C=N–C) groups is 1. The number of carbonyl (C=O) groups is 2. The number of hydrogen-bond donors (Lipinski definition) is 2. The maximum atomic E-state index is 12.1. The Kier molecular flexibility index (Phi) is 4.22. The average molecular weight is 311 g/mol. The van der Waals surface area contributed by atoms with Crippen LogP contribution in [0.25, 0.3) is 0 Å². The third kappa shape index (κ3) is 3.57. The van der Waals surface area contributed by atoms with Crippen LogP contribution in [0.3, 0.4) is 0 Å². The summed E-state index contributed by atoms with van der Waals surface area (Å²) in [7, 11) is -4.04. The lowest BCUT2D eigenvalue weighted by molar-refractivity contribution is -0.118. The second kappa shape index (κ2) is 5.92. The highest BCUT2D eigenvalue weighted by Gasteiger charge is 2.35. The molecule has 2 rings (SSSR count). The molecule has 0 aromatic heterocycles. The van der Waals surface area contributed by atoms with E-state index in [4.69, 9.17) is 4.74 Å². The summed E-state index contributed by atoms with van der Waals surface area (Å²) in [4.78, 5) is 25.6. The first-order chi connectivity index (χ1) is 9.92. The zero-order chi connectivity index (χ0) is 15.5. The minimum Gasteiger partial charge on any atom is -0.494 e. The molecule has 1 heterocycles. The molecule has 0 aliphatic carbocycles. The number of benzene rings is 1. The number of carbonyl (C=O) groups excluding carboxylic acids is 2. The second-order valence-corrected chi connectivity index (χ2v) is 5.90. The molecule has 3 amide bonds. The maximum absolute atomic E-state index is 12.1. The van der Waals surface area contributed by atoms with E-state index < -0.39 is 27.2 Å². The molecule has 1 unspecified atom stereocenters. The third-order valence-electron chi connectivity index (χ3n) is 2.58. The van der Waals surface area contributed by atoms with Gasteiger partial charge >= 0.3 is 6.03 Å². The van der Waals surface area contributed by atoms with Crippen LogP contribution in [-0.2, 0) is 14.8 Å². The molecule has 0 radical (unpaired) electrons. The minimum absolute atomic E-state index is 0.275. The van der Waals surface area contributed by atoms with Crippen LogP contribution in [0.1, 0.15) is 6.92 Å². The van der Waals surface area contributed by atoms with Crippen molar-refractivity contribution in [3.05, 3.63) is 24.3 Å². The van der Waals surface area contributed by atoms with Crippen molar-refractivity contribution in [3.63, 3.8) is 0 Å². The molecule has 0 fully saturated rings. The average Bonchev–Trinajstić information content (AvgIpc) is 2.40. The lowest BCUT2D eigenvalue weighted by Crippen LogP contribution is -2.48. The minimum atomic E-state index is -4.04. The number of nitrogens with one attached hydrogen (secondary N) is 2. The fourth-order valence-corrected chi connectivity index (χ4v) is 2.80. The van der Waals surface area contributed by atoms with Gasteiger partial charge in [0.2, 0.25) is 10.0 Å². The van der Waals surface area contributed by atoms with Crippen LogP contribution in [0.15, 0.2) is 29.3 Å². The van der Waals surface area contributed by atoms with Gasteiger partial charge in [-0.25, -0.2) is 18.2 Å². The van der Waals surface area contributed by atoms with Crippen molar-refractivity contribution in [3.8, 4) is 5.75 Å². The van der Waals surface area contributed by atoms with Crippen molar-refractivity contribution in [2.24, 2.45) is 4.99 Å². The van der Waals surface area contributed by atoms with E-state index in [-0.39, 0.29) is 5.69 Å². The lowest BCUT2D eigenvalue weighted by Gasteiger charge is -2.16. The predicted octanol–water partition coefficient (Wildman–Crippen LogP) is 0.516. The molecule has 1 aliphatic heterocycles. The molecule has 0 saturated carbocycles. The van der Waals surface area contributed by atoms with E-state index in [9.17, 15) is 18.0 Å². The second-order valence-electron chi connectivity index (χ2n) is 4.10. The molecule has 1 aromatic carbocycles. The zero-order valence-corrected chi connectivity index (χ0v) is 11.9. The smallest absolute Gasteiger partial charge is 0.347 e. The first-order valence-corrected chi connectivity index (χ1v) is 7.60. The molecule has 1 atom stereocenters. The summed E-state index contributed by atoms with van der Waals surface area (Å²) in [6, 6.07) is 5.32. The van der Waals surface area contributed by atoms with Gasteiger partial charge in [-0.2, -0.15) is 0 Å². The van der Waals surface area contributed by atoms with Crippen molar-refractivity contribution in [2.75, 3.05) is 11.3 Å². The third-order valence-corrected chi connectivity index (χ3v) is 4.10. The van der Waals surface area contributed by atoms with E-state index in [2.05, 4.69) is 9.71 Å². The van der Waals surface area contributed by atoms with Crippen molar-refractivity contribution in [1.82, 2.24) is 5.32 Å². The summed E-state index contributed by atoms with van der Waals surface area (Å²) in [5.74, 6) is -0.337. The van der Waals surface area contributed by atoms with E-state index in [0.717, 1.165) is 6.21 Å². The first kappa shape index (κ1) is 15.0. The Balaban J connectivity index is 2.15. The molecule has 1 aliphatic rings. The quantitative estimate of drug-likeness (QED) is 0.822. The molecule has 1 aromatic rings. The van der Waals surface area contributed by atoms with Gasteiger partial charge in [-0.05, 0) is 31.2 Å². The molecule has 9 heteroatoms. The van der Waals surface area contributed by atoms with Gasteiger partial charge in [0.05, 0.1) is 6.61 Å². The van der Waals surface area contributed by atoms with Gasteiger partial charge in [0.1, 0.15) is 5.75 Å². The summed E-state index contributed by atoms with van der Waals surface area (Å²) in [5.41, 5.74) is 0.275. The Morgan fingerprint density at radius 1 is 1.29 bits per heavy atom. The summed E-state index contributed by atoms with van der Waals surface area (Å²) in [6.07, 6.45) is 0.804. The van der Waals surface area contributed by atoms with E-state index in [1.807, 2.05) is 12.2 Å². The standard InChI is InChI=1S/C12H13N3O5S/c1-2-20-9-5-3-8(4-6-9)15-21(18,19)10-7-13-12(17)14-11(10)16/h3-7,10,15H,2H2,1H3,(H,14,16,17). The summed E-state index contributed by atoms with van der Waals surface area (Å²) < 4.78 is 31.6. The van der Waals surface area contributed by atoms with E-state index in [1.54, 1.807) is 12.1 Å². The molecular formula is C12H13N3O5S. The van der Waals surface area contributed by atoms with Crippen LogP contribution in [0.4, 0.5) is 10.5 Å². The van der Waals surface area contributed by atoms with E-state index in [0.29, 0.717) is 12.4 Å². The Hall–Kier alpha value is -2.42. The largest absolute Gasteiger partial charge is 0.494 e.